The van der Waals surface area contributed by atoms with E-state index in [1.807, 2.05) is 0 Å². The van der Waals surface area contributed by atoms with Gasteiger partial charge in [-0.3, -0.25) is 14.7 Å². The second-order valence-corrected chi connectivity index (χ2v) is 7.83. The van der Waals surface area contributed by atoms with Gasteiger partial charge in [-0.15, -0.1) is 0 Å². The summed E-state index contributed by atoms with van der Waals surface area (Å²) in [6.07, 6.45) is 7.20. The maximum Gasteiger partial charge on any atom is 0.0227 e. The minimum absolute atomic E-state index is 0.846. The van der Waals surface area contributed by atoms with E-state index < -0.39 is 0 Å². The number of hydrogen-bond acceptors (Lipinski definition) is 4. The minimum atomic E-state index is 0.846. The molecule has 21 heavy (non-hydrogen) atoms. The summed E-state index contributed by atoms with van der Waals surface area (Å²) in [5.74, 6) is 0. The molecule has 4 saturated heterocycles. The van der Waals surface area contributed by atoms with Crippen molar-refractivity contribution in [2.45, 2.75) is 50.2 Å². The van der Waals surface area contributed by atoms with Crippen molar-refractivity contribution in [3.8, 4) is 0 Å². The molecule has 4 rings (SSSR count). The summed E-state index contributed by atoms with van der Waals surface area (Å²) in [7, 11) is 2.28. The maximum absolute atomic E-state index is 2.84. The molecule has 0 aromatic carbocycles. The molecule has 0 bridgehead atoms. The van der Waals surface area contributed by atoms with Gasteiger partial charge in [0.2, 0.25) is 0 Å². The van der Waals surface area contributed by atoms with Crippen LogP contribution in [-0.2, 0) is 0 Å². The molecular formula is C17H32N4. The number of piperidine rings is 1. The third kappa shape index (κ3) is 3.00. The molecule has 4 aliphatic heterocycles. The second kappa shape index (κ2) is 6.15. The van der Waals surface area contributed by atoms with Crippen LogP contribution in [0.5, 0.6) is 0 Å². The average molecular weight is 292 g/mol. The van der Waals surface area contributed by atoms with Gasteiger partial charge in [0.25, 0.3) is 0 Å². The Morgan fingerprint density at radius 1 is 0.810 bits per heavy atom. The lowest BCUT2D eigenvalue weighted by Gasteiger charge is -2.46. The molecule has 4 aliphatic rings. The zero-order valence-corrected chi connectivity index (χ0v) is 13.7. The lowest BCUT2D eigenvalue weighted by Crippen LogP contribution is -2.58. The van der Waals surface area contributed by atoms with Crippen molar-refractivity contribution in [3.05, 3.63) is 0 Å². The Kier molecular flexibility index (Phi) is 4.23. The molecule has 4 heterocycles. The van der Waals surface area contributed by atoms with Crippen LogP contribution in [0, 0.1) is 0 Å². The van der Waals surface area contributed by atoms with E-state index in [9.17, 15) is 0 Å². The summed E-state index contributed by atoms with van der Waals surface area (Å²) >= 11 is 0. The SMILES string of the molecule is CN1CCN2C(CCC2CN2CCN3CCCCC3C2)C1. The van der Waals surface area contributed by atoms with Gasteiger partial charge < -0.3 is 4.90 Å². The average Bonchev–Trinajstić information content (AvgIpc) is 2.89. The first kappa shape index (κ1) is 14.4. The van der Waals surface area contributed by atoms with E-state index in [4.69, 9.17) is 0 Å². The van der Waals surface area contributed by atoms with Crippen LogP contribution in [0.4, 0.5) is 0 Å². The highest BCUT2D eigenvalue weighted by Gasteiger charge is 2.38. The summed E-state index contributed by atoms with van der Waals surface area (Å²) in [5, 5.41) is 0. The Balaban J connectivity index is 1.32. The van der Waals surface area contributed by atoms with Gasteiger partial charge in [-0.2, -0.15) is 0 Å². The van der Waals surface area contributed by atoms with Crippen molar-refractivity contribution in [1.29, 1.82) is 0 Å². The van der Waals surface area contributed by atoms with E-state index in [2.05, 4.69) is 26.6 Å². The van der Waals surface area contributed by atoms with E-state index in [0.29, 0.717) is 0 Å². The highest BCUT2D eigenvalue weighted by Crippen LogP contribution is 2.29. The molecule has 0 aromatic heterocycles. The summed E-state index contributed by atoms with van der Waals surface area (Å²) in [5.41, 5.74) is 0. The van der Waals surface area contributed by atoms with E-state index in [0.717, 1.165) is 18.1 Å². The molecule has 3 atom stereocenters. The van der Waals surface area contributed by atoms with Gasteiger partial charge in [0, 0.05) is 63.9 Å². The third-order valence-electron chi connectivity index (χ3n) is 6.42. The third-order valence-corrected chi connectivity index (χ3v) is 6.42. The lowest BCUT2D eigenvalue weighted by atomic mass is 9.99. The predicted octanol–water partition coefficient (Wildman–Crippen LogP) is 0.935. The monoisotopic (exact) mass is 292 g/mol. The van der Waals surface area contributed by atoms with Crippen molar-refractivity contribution >= 4 is 0 Å². The molecule has 3 unspecified atom stereocenters. The quantitative estimate of drug-likeness (QED) is 0.751. The summed E-state index contributed by atoms with van der Waals surface area (Å²) in [4.78, 5) is 10.9. The largest absolute Gasteiger partial charge is 0.304 e. The molecule has 4 heteroatoms. The van der Waals surface area contributed by atoms with Crippen LogP contribution in [0.15, 0.2) is 0 Å². The highest BCUT2D eigenvalue weighted by atomic mass is 15.3. The summed E-state index contributed by atoms with van der Waals surface area (Å²) < 4.78 is 0. The molecule has 120 valence electrons. The molecule has 0 amide bonds. The zero-order valence-electron chi connectivity index (χ0n) is 13.7. The fourth-order valence-corrected chi connectivity index (χ4v) is 5.19. The van der Waals surface area contributed by atoms with Crippen LogP contribution in [-0.4, -0.2) is 97.1 Å². The molecule has 0 N–H and O–H groups in total. The Labute approximate surface area is 130 Å². The van der Waals surface area contributed by atoms with Crippen molar-refractivity contribution in [1.82, 2.24) is 19.6 Å². The van der Waals surface area contributed by atoms with Gasteiger partial charge in [-0.25, -0.2) is 0 Å². The standard InChI is InChI=1S/C17H32N4/c1-18-8-11-21-16(12-18)5-6-17(21)14-19-9-10-20-7-3-2-4-15(20)13-19/h15-17H,2-14H2,1H3. The molecule has 0 spiro atoms. The van der Waals surface area contributed by atoms with Crippen LogP contribution in [0.25, 0.3) is 0 Å². The Hall–Kier alpha value is -0.160. The molecular weight excluding hydrogens is 260 g/mol. The van der Waals surface area contributed by atoms with Gasteiger partial charge in [0.05, 0.1) is 0 Å². The minimum Gasteiger partial charge on any atom is -0.304 e. The topological polar surface area (TPSA) is 13.0 Å². The van der Waals surface area contributed by atoms with Gasteiger partial charge >= 0.3 is 0 Å². The Bertz CT molecular complexity index is 361. The number of likely N-dealkylation sites (N-methyl/N-ethyl adjacent to an activating group) is 1. The van der Waals surface area contributed by atoms with Gasteiger partial charge in [-0.05, 0) is 39.3 Å². The molecule has 0 saturated carbocycles. The molecule has 0 aliphatic carbocycles. The first-order valence-electron chi connectivity index (χ1n) is 9.20. The first-order valence-corrected chi connectivity index (χ1v) is 9.20. The highest BCUT2D eigenvalue weighted by molar-refractivity contribution is 4.95. The van der Waals surface area contributed by atoms with E-state index in [-0.39, 0.29) is 0 Å². The van der Waals surface area contributed by atoms with Crippen molar-refractivity contribution in [2.75, 3.05) is 59.4 Å². The van der Waals surface area contributed by atoms with Crippen LogP contribution in [0.3, 0.4) is 0 Å². The van der Waals surface area contributed by atoms with Crippen LogP contribution in [0.1, 0.15) is 32.1 Å². The fraction of sp³-hybridized carbons (Fsp3) is 1.00. The number of nitrogens with zero attached hydrogens (tertiary/aromatic N) is 4. The molecule has 0 radical (unpaired) electrons. The molecule has 4 nitrogen and oxygen atoms in total. The zero-order chi connectivity index (χ0) is 14.2. The first-order chi connectivity index (χ1) is 10.3. The van der Waals surface area contributed by atoms with E-state index in [1.54, 1.807) is 0 Å². The Morgan fingerprint density at radius 3 is 2.71 bits per heavy atom. The second-order valence-electron chi connectivity index (χ2n) is 7.83. The van der Waals surface area contributed by atoms with Crippen LogP contribution >= 0.6 is 0 Å². The number of fused-ring (bicyclic) bond motifs is 2. The lowest BCUT2D eigenvalue weighted by molar-refractivity contribution is 0.0256. The normalized spacial score (nSPS) is 40.1. The van der Waals surface area contributed by atoms with Gasteiger partial charge in [-0.1, -0.05) is 6.42 Å². The molecule has 4 fully saturated rings. The Morgan fingerprint density at radius 2 is 1.76 bits per heavy atom. The van der Waals surface area contributed by atoms with E-state index >= 15 is 0 Å². The molecule has 0 aromatic rings. The van der Waals surface area contributed by atoms with Crippen molar-refractivity contribution < 1.29 is 0 Å². The predicted molar refractivity (Wildman–Crippen MR) is 86.7 cm³/mol. The summed E-state index contributed by atoms with van der Waals surface area (Å²) in [6.45, 7) is 10.5. The maximum atomic E-state index is 2.84. The van der Waals surface area contributed by atoms with Crippen LogP contribution < -0.4 is 0 Å². The van der Waals surface area contributed by atoms with Gasteiger partial charge in [0.15, 0.2) is 0 Å². The number of piperazine rings is 2. The van der Waals surface area contributed by atoms with Crippen LogP contribution in [0.2, 0.25) is 0 Å². The van der Waals surface area contributed by atoms with Gasteiger partial charge in [0.1, 0.15) is 0 Å². The number of rotatable bonds is 2. The van der Waals surface area contributed by atoms with Crippen molar-refractivity contribution in [3.63, 3.8) is 0 Å². The smallest absolute Gasteiger partial charge is 0.0227 e. The number of hydrogen-bond donors (Lipinski definition) is 0. The van der Waals surface area contributed by atoms with E-state index in [1.165, 1.54) is 84.5 Å². The fourth-order valence-electron chi connectivity index (χ4n) is 5.19. The van der Waals surface area contributed by atoms with Crippen molar-refractivity contribution in [2.24, 2.45) is 0 Å². The summed E-state index contributed by atoms with van der Waals surface area (Å²) in [6, 6.07) is 2.57.